The molecule has 0 unspecified atom stereocenters. The number of carboxylic acid groups (broad SMARTS) is 2. The van der Waals surface area contributed by atoms with Crippen LogP contribution in [0.25, 0.3) is 0 Å². The van der Waals surface area contributed by atoms with Gasteiger partial charge < -0.3 is 40.3 Å². The highest BCUT2D eigenvalue weighted by Gasteiger charge is 2.29. The molecular weight excluding hydrogens is 474 g/mol. The Morgan fingerprint density at radius 1 is 0.917 bits per heavy atom. The third-order valence-corrected chi connectivity index (χ3v) is 4.66. The minimum atomic E-state index is -2.27. The lowest BCUT2D eigenvalue weighted by Crippen LogP contribution is -2.39. The van der Waals surface area contributed by atoms with Crippen LogP contribution < -0.4 is 10.1 Å². The number of carbonyl (C=O) groups excluding carboxylic acids is 1. The van der Waals surface area contributed by atoms with Crippen molar-refractivity contribution in [3.63, 3.8) is 0 Å². The van der Waals surface area contributed by atoms with Gasteiger partial charge in [0.15, 0.2) is 12.2 Å². The van der Waals surface area contributed by atoms with Crippen molar-refractivity contribution < 1.29 is 49.4 Å². The van der Waals surface area contributed by atoms with Crippen LogP contribution in [0.5, 0.6) is 5.75 Å². The maximum atomic E-state index is 12.1. The number of β-amino-alcohol motifs (C(OH)–C–C–N with tert-alkyl or cyclic N) is 1. The van der Waals surface area contributed by atoms with Crippen LogP contribution in [-0.2, 0) is 20.9 Å². The molecule has 6 N–H and O–H groups in total. The highest BCUT2D eigenvalue weighted by Crippen LogP contribution is 2.25. The minimum absolute atomic E-state index is 0.106. The van der Waals surface area contributed by atoms with Gasteiger partial charge in [0.05, 0.1) is 13.2 Å². The van der Waals surface area contributed by atoms with Crippen LogP contribution in [0.4, 0.5) is 0 Å². The molecule has 2 aromatic carbocycles. The molecule has 0 saturated heterocycles. The third-order valence-electron chi connectivity index (χ3n) is 4.66. The Balaban J connectivity index is 0.000000548. The lowest BCUT2D eigenvalue weighted by Gasteiger charge is -2.23. The van der Waals surface area contributed by atoms with Gasteiger partial charge in [0.25, 0.3) is 0 Å². The number of hydrogen-bond donors (Lipinski definition) is 6. The summed E-state index contributed by atoms with van der Waals surface area (Å²) in [4.78, 5) is 31.7. The maximum absolute atomic E-state index is 12.1. The predicted molar refractivity (Wildman–Crippen MR) is 129 cm³/mol. The summed E-state index contributed by atoms with van der Waals surface area (Å²) >= 11 is 0. The van der Waals surface area contributed by atoms with Crippen LogP contribution in [0, 0.1) is 0 Å². The number of aliphatic hydroxyl groups is 3. The van der Waals surface area contributed by atoms with E-state index in [-0.39, 0.29) is 5.54 Å². The highest BCUT2D eigenvalue weighted by molar-refractivity contribution is 5.92. The van der Waals surface area contributed by atoms with Gasteiger partial charge in [-0.25, -0.2) is 14.4 Å². The maximum Gasteiger partial charge on any atom is 0.341 e. The second kappa shape index (κ2) is 14.1. The van der Waals surface area contributed by atoms with Crippen molar-refractivity contribution >= 4 is 17.9 Å². The highest BCUT2D eigenvalue weighted by atomic mass is 16.5. The molecule has 3 atom stereocenters. The summed E-state index contributed by atoms with van der Waals surface area (Å²) in [6.45, 7) is 6.81. The first-order valence-electron chi connectivity index (χ1n) is 10.9. The molecule has 2 aromatic rings. The zero-order valence-corrected chi connectivity index (χ0v) is 20.5. The first kappa shape index (κ1) is 30.5. The molecule has 0 amide bonds. The molecule has 2 rings (SSSR count). The fourth-order valence-corrected chi connectivity index (χ4v) is 2.68. The molecule has 0 aromatic heterocycles. The zero-order valence-electron chi connectivity index (χ0n) is 20.5. The summed E-state index contributed by atoms with van der Waals surface area (Å²) in [5.41, 5.74) is 1.83. The van der Waals surface area contributed by atoms with Crippen LogP contribution in [0.1, 0.15) is 48.4 Å². The van der Waals surface area contributed by atoms with Crippen molar-refractivity contribution in [2.24, 2.45) is 0 Å². The van der Waals surface area contributed by atoms with Crippen molar-refractivity contribution in [3.05, 3.63) is 65.2 Å². The van der Waals surface area contributed by atoms with Crippen molar-refractivity contribution in [1.29, 1.82) is 0 Å². The molecule has 0 saturated carbocycles. The van der Waals surface area contributed by atoms with Gasteiger partial charge in [-0.3, -0.25) is 0 Å². The first-order valence-corrected chi connectivity index (χ1v) is 10.9. The smallest absolute Gasteiger partial charge is 0.341 e. The zero-order chi connectivity index (χ0) is 27.5. The molecule has 0 aliphatic carbocycles. The van der Waals surface area contributed by atoms with Crippen LogP contribution in [-0.4, -0.2) is 74.8 Å². The molecule has 0 spiro atoms. The number of carboxylic acids is 2. The number of benzene rings is 2. The lowest BCUT2D eigenvalue weighted by atomic mass is 10.0. The molecule has 0 bridgehead atoms. The van der Waals surface area contributed by atoms with E-state index in [2.05, 4.69) is 5.32 Å². The van der Waals surface area contributed by atoms with Crippen LogP contribution in [0.2, 0.25) is 0 Å². The number of carbonyl (C=O) groups is 3. The fourth-order valence-electron chi connectivity index (χ4n) is 2.68. The number of aliphatic hydroxyl groups excluding tert-OH is 3. The topological polar surface area (TPSA) is 183 Å². The molecule has 0 aliphatic heterocycles. The minimum Gasteiger partial charge on any atom is -0.488 e. The average Bonchev–Trinajstić information content (AvgIpc) is 2.84. The summed E-state index contributed by atoms with van der Waals surface area (Å²) in [5, 5.41) is 46.2. The van der Waals surface area contributed by atoms with E-state index in [4.69, 9.17) is 29.9 Å². The summed E-state index contributed by atoms with van der Waals surface area (Å²) in [6.07, 6.45) is -5.27. The quantitative estimate of drug-likeness (QED) is 0.255. The average molecular weight is 508 g/mol. The Kier molecular flexibility index (Phi) is 12.0. The van der Waals surface area contributed by atoms with Crippen molar-refractivity contribution in [2.45, 2.75) is 51.2 Å². The van der Waals surface area contributed by atoms with E-state index in [0.29, 0.717) is 30.0 Å². The van der Waals surface area contributed by atoms with Gasteiger partial charge in [0.2, 0.25) is 0 Å². The Bertz CT molecular complexity index is 986. The Labute approximate surface area is 208 Å². The molecule has 36 heavy (non-hydrogen) atoms. The molecule has 0 heterocycles. The summed E-state index contributed by atoms with van der Waals surface area (Å²) in [5.74, 6) is -3.60. The number of aliphatic carboxylic acids is 2. The van der Waals surface area contributed by atoms with Gasteiger partial charge in [-0.2, -0.15) is 0 Å². The van der Waals surface area contributed by atoms with Crippen LogP contribution >= 0.6 is 0 Å². The summed E-state index contributed by atoms with van der Waals surface area (Å²) < 4.78 is 10.7. The summed E-state index contributed by atoms with van der Waals surface area (Å²) in [6, 6.07) is 14.8. The number of nitrogens with one attached hydrogen (secondary N) is 1. The molecule has 11 heteroatoms. The number of esters is 1. The largest absolute Gasteiger partial charge is 0.488 e. The van der Waals surface area contributed by atoms with E-state index in [1.165, 1.54) is 7.11 Å². The van der Waals surface area contributed by atoms with Gasteiger partial charge >= 0.3 is 17.9 Å². The van der Waals surface area contributed by atoms with E-state index < -0.39 is 36.2 Å². The molecule has 0 fully saturated rings. The molecule has 11 nitrogen and oxygen atoms in total. The lowest BCUT2D eigenvalue weighted by molar-refractivity contribution is -0.165. The van der Waals surface area contributed by atoms with E-state index in [1.54, 1.807) is 18.2 Å². The van der Waals surface area contributed by atoms with Gasteiger partial charge in [-0.05, 0) is 44.0 Å². The number of hydrogen-bond acceptors (Lipinski definition) is 9. The number of methoxy groups -OCH3 is 1. The van der Waals surface area contributed by atoms with E-state index in [9.17, 15) is 19.5 Å². The second-order valence-corrected chi connectivity index (χ2v) is 8.73. The standard InChI is InChI=1S/C21H27NO4.C4H6O6/c1-21(2,3)22-13-18(23)16-10-11-19(17(12-16)20(24)25-4)26-14-15-8-6-5-7-9-15;5-1(3(7)8)2(6)4(9)10/h5-12,18,22-23H,13-14H2,1-4H3;1-2,5-6H,(H,7,8)(H,9,10)/t18-;1-,2-/m10/s1. The molecular formula is C25H33NO10. The number of ether oxygens (including phenoxy) is 2. The summed E-state index contributed by atoms with van der Waals surface area (Å²) in [7, 11) is 1.33. The monoisotopic (exact) mass is 507 g/mol. The Morgan fingerprint density at radius 2 is 1.47 bits per heavy atom. The van der Waals surface area contributed by atoms with Crippen LogP contribution in [0.15, 0.2) is 48.5 Å². The van der Waals surface area contributed by atoms with Gasteiger partial charge in [-0.1, -0.05) is 36.4 Å². The van der Waals surface area contributed by atoms with Gasteiger partial charge in [-0.15, -0.1) is 0 Å². The molecule has 0 aliphatic rings. The first-order chi connectivity index (χ1) is 16.8. The Hall–Kier alpha value is -3.51. The normalized spacial score (nSPS) is 13.4. The SMILES string of the molecule is COC(=O)c1cc([C@H](O)CNC(C)(C)C)ccc1OCc1ccccc1.O=C(O)[C@@H](O)[C@H](O)C(=O)O. The van der Waals surface area contributed by atoms with Gasteiger partial charge in [0, 0.05) is 12.1 Å². The van der Waals surface area contributed by atoms with Gasteiger partial charge in [0.1, 0.15) is 17.9 Å². The van der Waals surface area contributed by atoms with Crippen molar-refractivity contribution in [3.8, 4) is 5.75 Å². The predicted octanol–water partition coefficient (Wildman–Crippen LogP) is 1.35. The molecule has 198 valence electrons. The fraction of sp³-hybridized carbons (Fsp3) is 0.400. The van der Waals surface area contributed by atoms with E-state index in [1.807, 2.05) is 51.1 Å². The second-order valence-electron chi connectivity index (χ2n) is 8.73. The molecule has 0 radical (unpaired) electrons. The van der Waals surface area contributed by atoms with Crippen LogP contribution in [0.3, 0.4) is 0 Å². The Morgan fingerprint density at radius 3 is 1.94 bits per heavy atom. The number of rotatable bonds is 10. The van der Waals surface area contributed by atoms with Crippen molar-refractivity contribution in [2.75, 3.05) is 13.7 Å². The van der Waals surface area contributed by atoms with E-state index >= 15 is 0 Å². The van der Waals surface area contributed by atoms with E-state index in [0.717, 1.165) is 5.56 Å². The third kappa shape index (κ3) is 10.4. The van der Waals surface area contributed by atoms with Crippen molar-refractivity contribution in [1.82, 2.24) is 5.32 Å².